The Kier molecular flexibility index (Phi) is 3.91. The number of hydrogen-bond acceptors (Lipinski definition) is 6. The molecule has 0 radical (unpaired) electrons. The Morgan fingerprint density at radius 1 is 1.07 bits per heavy atom. The van der Waals surface area contributed by atoms with Crippen LogP contribution in [-0.4, -0.2) is 30.8 Å². The van der Waals surface area contributed by atoms with E-state index in [1.165, 1.54) is 24.0 Å². The topological polar surface area (TPSA) is 100 Å². The smallest absolute Gasteiger partial charge is 0.226 e. The van der Waals surface area contributed by atoms with Crippen molar-refractivity contribution in [3.63, 3.8) is 0 Å². The molecule has 0 fully saturated rings. The van der Waals surface area contributed by atoms with Gasteiger partial charge in [-0.15, -0.1) is 0 Å². The number of hydrogen-bond donors (Lipinski definition) is 3. The highest BCUT2D eigenvalue weighted by atomic mass is 16.3. The Labute approximate surface area is 167 Å². The van der Waals surface area contributed by atoms with Crippen molar-refractivity contribution in [1.29, 1.82) is 0 Å². The highest BCUT2D eigenvalue weighted by Gasteiger charge is 2.43. The van der Waals surface area contributed by atoms with Crippen molar-refractivity contribution in [2.75, 3.05) is 5.32 Å². The number of nitrogens with one attached hydrogen (secondary N) is 1. The predicted octanol–water partition coefficient (Wildman–Crippen LogP) is 3.27. The molecule has 0 saturated carbocycles. The monoisotopic (exact) mass is 388 g/mol. The second kappa shape index (κ2) is 6.48. The lowest BCUT2D eigenvalue weighted by Gasteiger charge is -2.38. The molecule has 146 valence electrons. The number of aryl methyl sites for hydroxylation is 1. The lowest BCUT2D eigenvalue weighted by molar-refractivity contribution is -0.123. The lowest BCUT2D eigenvalue weighted by Crippen LogP contribution is -2.40. The van der Waals surface area contributed by atoms with Crippen LogP contribution in [0.5, 0.6) is 11.5 Å². The fourth-order valence-corrected chi connectivity index (χ4v) is 4.26. The van der Waals surface area contributed by atoms with Crippen molar-refractivity contribution in [3.05, 3.63) is 77.3 Å². The van der Waals surface area contributed by atoms with Gasteiger partial charge in [0, 0.05) is 18.0 Å². The van der Waals surface area contributed by atoms with Gasteiger partial charge in [-0.1, -0.05) is 42.0 Å². The number of benzene rings is 2. The molecule has 5 rings (SSSR count). The van der Waals surface area contributed by atoms with Crippen molar-refractivity contribution < 1.29 is 15.0 Å². The average Bonchev–Trinajstić information content (AvgIpc) is 3.17. The fraction of sp³-hybridized carbons (Fsp3) is 0.227. The number of rotatable bonds is 2. The number of phenolic OH excluding ortho intramolecular Hbond substituents is 2. The number of phenols is 2. The van der Waals surface area contributed by atoms with Crippen LogP contribution in [0.1, 0.15) is 35.1 Å². The summed E-state index contributed by atoms with van der Waals surface area (Å²) in [7, 11) is 0. The summed E-state index contributed by atoms with van der Waals surface area (Å²) in [5.74, 6) is -0.262. The van der Waals surface area contributed by atoms with Crippen molar-refractivity contribution in [2.45, 2.75) is 25.3 Å². The van der Waals surface area contributed by atoms with E-state index in [1.54, 1.807) is 10.7 Å². The van der Waals surface area contributed by atoms with Gasteiger partial charge in [-0.3, -0.25) is 4.79 Å². The zero-order chi connectivity index (χ0) is 20.1. The number of carbonyl (C=O) groups excluding carboxylic acids is 1. The van der Waals surface area contributed by atoms with Gasteiger partial charge < -0.3 is 15.5 Å². The molecule has 7 nitrogen and oxygen atoms in total. The molecule has 3 aromatic rings. The summed E-state index contributed by atoms with van der Waals surface area (Å²) >= 11 is 0. The van der Waals surface area contributed by atoms with Crippen molar-refractivity contribution >= 4 is 11.7 Å². The van der Waals surface area contributed by atoms with Gasteiger partial charge in [-0.2, -0.15) is 10.1 Å². The summed E-state index contributed by atoms with van der Waals surface area (Å²) in [5.41, 5.74) is 3.76. The first-order valence-corrected chi connectivity index (χ1v) is 9.50. The third-order valence-electron chi connectivity index (χ3n) is 5.74. The maximum absolute atomic E-state index is 13.3. The van der Waals surface area contributed by atoms with E-state index in [0.717, 1.165) is 11.3 Å². The Balaban J connectivity index is 1.61. The van der Waals surface area contributed by atoms with Crippen LogP contribution in [0.4, 0.5) is 5.95 Å². The van der Waals surface area contributed by atoms with E-state index in [-0.39, 0.29) is 23.2 Å². The molecule has 1 aromatic heterocycles. The standard InChI is InChI=1S/C22H20N4O3/c1-12-2-4-13(5-3-12)15-8-16-20(19(29)10-15)21(26-22(25-16)23-11-24-26)14-6-7-17(27)18(28)9-14/h2-9,11,15,20-21,27-28H,10H2,1H3,(H,23,24,25)/t15-,20-,21-/m1/s1. The minimum Gasteiger partial charge on any atom is -0.504 e. The van der Waals surface area contributed by atoms with Gasteiger partial charge in [-0.25, -0.2) is 4.68 Å². The molecule has 0 spiro atoms. The van der Waals surface area contributed by atoms with E-state index in [4.69, 9.17) is 0 Å². The van der Waals surface area contributed by atoms with Crippen LogP contribution in [0.15, 0.2) is 60.6 Å². The van der Waals surface area contributed by atoms with Gasteiger partial charge in [0.2, 0.25) is 5.95 Å². The molecule has 2 aromatic carbocycles. The lowest BCUT2D eigenvalue weighted by atomic mass is 9.75. The fourth-order valence-electron chi connectivity index (χ4n) is 4.26. The Morgan fingerprint density at radius 3 is 2.59 bits per heavy atom. The van der Waals surface area contributed by atoms with Crippen molar-refractivity contribution in [3.8, 4) is 11.5 Å². The molecule has 0 unspecified atom stereocenters. The second-order valence-corrected chi connectivity index (χ2v) is 7.63. The van der Waals surface area contributed by atoms with Crippen LogP contribution in [0.2, 0.25) is 0 Å². The zero-order valence-corrected chi connectivity index (χ0v) is 15.8. The largest absolute Gasteiger partial charge is 0.504 e. The quantitative estimate of drug-likeness (QED) is 0.583. The van der Waals surface area contributed by atoms with Gasteiger partial charge in [-0.05, 0) is 30.2 Å². The number of anilines is 1. The summed E-state index contributed by atoms with van der Waals surface area (Å²) < 4.78 is 1.66. The number of nitrogens with zero attached hydrogens (tertiary/aromatic N) is 3. The van der Waals surface area contributed by atoms with Crippen LogP contribution in [-0.2, 0) is 4.79 Å². The molecule has 0 bridgehead atoms. The minimum atomic E-state index is -0.463. The summed E-state index contributed by atoms with van der Waals surface area (Å²) in [5, 5.41) is 27.2. The van der Waals surface area contributed by atoms with Gasteiger partial charge in [0.15, 0.2) is 11.5 Å². The zero-order valence-electron chi connectivity index (χ0n) is 15.8. The van der Waals surface area contributed by atoms with Crippen LogP contribution in [0.25, 0.3) is 0 Å². The molecule has 29 heavy (non-hydrogen) atoms. The number of aromatic nitrogens is 3. The van der Waals surface area contributed by atoms with Gasteiger partial charge in [0.25, 0.3) is 0 Å². The molecular weight excluding hydrogens is 368 g/mol. The van der Waals surface area contributed by atoms with Gasteiger partial charge in [0.1, 0.15) is 12.1 Å². The number of Topliss-reactive ketones (excluding diaryl/α,β-unsaturated/α-hetero) is 1. The summed E-state index contributed by atoms with van der Waals surface area (Å²) in [6.07, 6.45) is 3.93. The number of allylic oxidation sites excluding steroid dienone is 2. The first-order chi connectivity index (χ1) is 14.0. The SMILES string of the molecule is Cc1ccc([C@@H]2C=C3Nc4ncnn4[C@H](c4ccc(O)c(O)c4)[C@H]3C(=O)C2)cc1. The molecule has 2 heterocycles. The third-order valence-corrected chi connectivity index (χ3v) is 5.74. The van der Waals surface area contributed by atoms with Crippen molar-refractivity contribution in [2.24, 2.45) is 5.92 Å². The number of aromatic hydroxyl groups is 2. The van der Waals surface area contributed by atoms with Gasteiger partial charge in [0.05, 0.1) is 12.0 Å². The van der Waals surface area contributed by atoms with E-state index in [9.17, 15) is 15.0 Å². The van der Waals surface area contributed by atoms with E-state index < -0.39 is 12.0 Å². The molecule has 0 saturated heterocycles. The Bertz CT molecular complexity index is 1130. The van der Waals surface area contributed by atoms with E-state index in [0.29, 0.717) is 17.9 Å². The molecule has 2 aliphatic rings. The molecule has 0 amide bonds. The predicted molar refractivity (Wildman–Crippen MR) is 107 cm³/mol. The molecular formula is C22H20N4O3. The molecule has 3 N–H and O–H groups in total. The van der Waals surface area contributed by atoms with E-state index in [2.05, 4.69) is 45.7 Å². The highest BCUT2D eigenvalue weighted by Crippen LogP contribution is 2.45. The molecule has 1 aliphatic carbocycles. The third kappa shape index (κ3) is 2.86. The van der Waals surface area contributed by atoms with Crippen molar-refractivity contribution in [1.82, 2.24) is 14.8 Å². The second-order valence-electron chi connectivity index (χ2n) is 7.63. The summed E-state index contributed by atoms with van der Waals surface area (Å²) in [6.45, 7) is 2.04. The van der Waals surface area contributed by atoms with E-state index >= 15 is 0 Å². The van der Waals surface area contributed by atoms with Crippen LogP contribution >= 0.6 is 0 Å². The summed E-state index contributed by atoms with van der Waals surface area (Å²) in [6, 6.07) is 12.4. The Morgan fingerprint density at radius 2 is 1.83 bits per heavy atom. The molecule has 7 heteroatoms. The summed E-state index contributed by atoms with van der Waals surface area (Å²) in [4.78, 5) is 17.6. The van der Waals surface area contributed by atoms with Crippen LogP contribution in [0.3, 0.4) is 0 Å². The number of ketones is 1. The first kappa shape index (κ1) is 17.5. The number of fused-ring (bicyclic) bond motifs is 2. The average molecular weight is 388 g/mol. The maximum atomic E-state index is 13.3. The van der Waals surface area contributed by atoms with Gasteiger partial charge >= 0.3 is 0 Å². The normalized spacial score (nSPS) is 23.0. The van der Waals surface area contributed by atoms with Crippen LogP contribution in [0, 0.1) is 12.8 Å². The first-order valence-electron chi connectivity index (χ1n) is 9.50. The Hall–Kier alpha value is -3.61. The van der Waals surface area contributed by atoms with Crippen LogP contribution < -0.4 is 5.32 Å². The highest BCUT2D eigenvalue weighted by molar-refractivity contribution is 5.88. The van der Waals surface area contributed by atoms with E-state index in [1.807, 2.05) is 6.92 Å². The minimum absolute atomic E-state index is 0.00908. The molecule has 1 aliphatic heterocycles. The molecule has 3 atom stereocenters. The number of carbonyl (C=O) groups is 1. The maximum Gasteiger partial charge on any atom is 0.226 e.